The van der Waals surface area contributed by atoms with Crippen molar-refractivity contribution in [3.8, 4) is 22.5 Å². The van der Waals surface area contributed by atoms with E-state index < -0.39 is 0 Å². The van der Waals surface area contributed by atoms with Crippen LogP contribution in [0.5, 0.6) is 0 Å². The first-order valence-electron chi connectivity index (χ1n) is 6.93. The lowest BCUT2D eigenvalue weighted by Gasteiger charge is -2.09. The first-order valence-corrected chi connectivity index (χ1v) is 7.31. The smallest absolute Gasteiger partial charge is 0.155 e. The molecule has 4 rings (SSSR count). The Hall–Kier alpha value is -2.79. The number of rotatable bonds is 2. The summed E-state index contributed by atoms with van der Waals surface area (Å²) in [7, 11) is 0. The zero-order valence-electron chi connectivity index (χ0n) is 11.8. The highest BCUT2D eigenvalue weighted by Crippen LogP contribution is 2.32. The Bertz CT molecular complexity index is 1010. The van der Waals surface area contributed by atoms with E-state index in [-0.39, 0.29) is 5.82 Å². The Labute approximate surface area is 136 Å². The average Bonchev–Trinajstić information content (AvgIpc) is 3.05. The third-order valence-electron chi connectivity index (χ3n) is 3.53. The number of benzene rings is 1. The van der Waals surface area contributed by atoms with E-state index >= 15 is 0 Å². The van der Waals surface area contributed by atoms with Crippen molar-refractivity contribution in [1.82, 2.24) is 19.6 Å². The predicted octanol–water partition coefficient (Wildman–Crippen LogP) is 4.25. The van der Waals surface area contributed by atoms with Crippen LogP contribution >= 0.6 is 11.6 Å². The summed E-state index contributed by atoms with van der Waals surface area (Å²) in [5.74, 6) is -0.375. The predicted molar refractivity (Wildman–Crippen MR) is 86.6 cm³/mol. The maximum Gasteiger partial charge on any atom is 0.155 e. The monoisotopic (exact) mass is 324 g/mol. The van der Waals surface area contributed by atoms with E-state index in [1.54, 1.807) is 35.1 Å². The summed E-state index contributed by atoms with van der Waals surface area (Å²) in [6.07, 6.45) is 5.10. The van der Waals surface area contributed by atoms with Gasteiger partial charge in [0.25, 0.3) is 0 Å². The molecule has 0 aliphatic heterocycles. The third-order valence-corrected chi connectivity index (χ3v) is 3.76. The molecule has 0 aliphatic carbocycles. The lowest BCUT2D eigenvalue weighted by Crippen LogP contribution is -1.96. The molecule has 0 spiro atoms. The van der Waals surface area contributed by atoms with E-state index in [4.69, 9.17) is 11.6 Å². The Balaban J connectivity index is 1.94. The molecule has 0 aliphatic rings. The largest absolute Gasteiger partial charge is 0.255 e. The van der Waals surface area contributed by atoms with Gasteiger partial charge in [-0.25, -0.2) is 13.9 Å². The standard InChI is InChI=1S/C17H10ClFN4/c18-11-3-4-14(19)13(10-11)17-12(2-1-7-20-17)15-6-9-23-16(22-15)5-8-21-23/h1-10H. The zero-order valence-corrected chi connectivity index (χ0v) is 12.6. The van der Waals surface area contributed by atoms with Gasteiger partial charge in [0, 0.05) is 34.6 Å². The topological polar surface area (TPSA) is 43.1 Å². The summed E-state index contributed by atoms with van der Waals surface area (Å²) in [5.41, 5.74) is 2.99. The molecule has 6 heteroatoms. The second kappa shape index (κ2) is 5.44. The molecule has 0 fully saturated rings. The maximum absolute atomic E-state index is 14.2. The molecule has 0 bridgehead atoms. The number of nitrogens with zero attached hydrogens (tertiary/aromatic N) is 4. The highest BCUT2D eigenvalue weighted by atomic mass is 35.5. The van der Waals surface area contributed by atoms with E-state index in [1.165, 1.54) is 12.1 Å². The van der Waals surface area contributed by atoms with Crippen molar-refractivity contribution >= 4 is 17.2 Å². The van der Waals surface area contributed by atoms with Crippen molar-refractivity contribution in [1.29, 1.82) is 0 Å². The highest BCUT2D eigenvalue weighted by Gasteiger charge is 2.14. The molecule has 1 aromatic carbocycles. The first-order chi connectivity index (χ1) is 11.2. The number of aromatic nitrogens is 4. The van der Waals surface area contributed by atoms with Crippen LogP contribution in [0.2, 0.25) is 5.02 Å². The van der Waals surface area contributed by atoms with E-state index in [9.17, 15) is 4.39 Å². The van der Waals surface area contributed by atoms with Crippen molar-refractivity contribution in [3.05, 3.63) is 71.9 Å². The van der Waals surface area contributed by atoms with E-state index in [0.29, 0.717) is 27.6 Å². The molecule has 0 saturated carbocycles. The molecule has 112 valence electrons. The van der Waals surface area contributed by atoms with E-state index in [2.05, 4.69) is 15.1 Å². The van der Waals surface area contributed by atoms with E-state index in [0.717, 1.165) is 5.56 Å². The van der Waals surface area contributed by atoms with Gasteiger partial charge in [-0.2, -0.15) is 5.10 Å². The molecule has 23 heavy (non-hydrogen) atoms. The molecule has 0 amide bonds. The molecule has 0 N–H and O–H groups in total. The fourth-order valence-electron chi connectivity index (χ4n) is 2.47. The van der Waals surface area contributed by atoms with Crippen molar-refractivity contribution in [2.24, 2.45) is 0 Å². The molecule has 3 heterocycles. The zero-order chi connectivity index (χ0) is 15.8. The summed E-state index contributed by atoms with van der Waals surface area (Å²) < 4.78 is 15.9. The second-order valence-electron chi connectivity index (χ2n) is 4.97. The number of hydrogen-bond acceptors (Lipinski definition) is 3. The molecule has 0 radical (unpaired) electrons. The molecule has 4 aromatic rings. The fourth-order valence-corrected chi connectivity index (χ4v) is 2.64. The van der Waals surface area contributed by atoms with Crippen molar-refractivity contribution in [2.45, 2.75) is 0 Å². The Morgan fingerprint density at radius 1 is 1.00 bits per heavy atom. The van der Waals surface area contributed by atoms with Gasteiger partial charge in [-0.1, -0.05) is 11.6 Å². The van der Waals surface area contributed by atoms with Gasteiger partial charge in [0.2, 0.25) is 0 Å². The summed E-state index contributed by atoms with van der Waals surface area (Å²) >= 11 is 6.01. The maximum atomic E-state index is 14.2. The highest BCUT2D eigenvalue weighted by molar-refractivity contribution is 6.30. The summed E-state index contributed by atoms with van der Waals surface area (Å²) in [4.78, 5) is 8.88. The van der Waals surface area contributed by atoms with Crippen LogP contribution in [-0.2, 0) is 0 Å². The SMILES string of the molecule is Fc1ccc(Cl)cc1-c1ncccc1-c1ccn2nccc2n1. The number of halogens is 2. The van der Waals surface area contributed by atoms with Crippen molar-refractivity contribution in [3.63, 3.8) is 0 Å². The minimum Gasteiger partial charge on any atom is -0.255 e. The number of pyridine rings is 1. The van der Waals surface area contributed by atoms with Crippen molar-refractivity contribution < 1.29 is 4.39 Å². The van der Waals surface area contributed by atoms with Gasteiger partial charge in [-0.15, -0.1) is 0 Å². The van der Waals surface area contributed by atoms with Crippen LogP contribution in [0.25, 0.3) is 28.2 Å². The molecule has 4 nitrogen and oxygen atoms in total. The van der Waals surface area contributed by atoms with Crippen LogP contribution in [0.3, 0.4) is 0 Å². The van der Waals surface area contributed by atoms with Crippen LogP contribution < -0.4 is 0 Å². The second-order valence-corrected chi connectivity index (χ2v) is 5.41. The molecule has 0 unspecified atom stereocenters. The van der Waals surface area contributed by atoms with Crippen LogP contribution in [0.4, 0.5) is 4.39 Å². The van der Waals surface area contributed by atoms with Crippen molar-refractivity contribution in [2.75, 3.05) is 0 Å². The van der Waals surface area contributed by atoms with E-state index in [1.807, 2.05) is 18.3 Å². The Kier molecular flexibility index (Phi) is 3.28. The molecular formula is C17H10ClFN4. The Morgan fingerprint density at radius 2 is 1.91 bits per heavy atom. The van der Waals surface area contributed by atoms with Gasteiger partial charge < -0.3 is 0 Å². The van der Waals surface area contributed by atoms with Crippen LogP contribution in [0, 0.1) is 5.82 Å². The van der Waals surface area contributed by atoms with Gasteiger partial charge in [0.15, 0.2) is 5.65 Å². The summed E-state index contributed by atoms with van der Waals surface area (Å²) in [6.45, 7) is 0. The van der Waals surface area contributed by atoms with Crippen LogP contribution in [0.15, 0.2) is 61.1 Å². The van der Waals surface area contributed by atoms with Gasteiger partial charge in [0.05, 0.1) is 17.6 Å². The van der Waals surface area contributed by atoms with Crippen LogP contribution in [0.1, 0.15) is 0 Å². The molecule has 0 saturated heterocycles. The first kappa shape index (κ1) is 13.8. The molecule has 3 aromatic heterocycles. The van der Waals surface area contributed by atoms with Gasteiger partial charge in [0.1, 0.15) is 5.82 Å². The minimum atomic E-state index is -0.375. The quantitative estimate of drug-likeness (QED) is 0.553. The molecule has 0 atom stereocenters. The Morgan fingerprint density at radius 3 is 2.83 bits per heavy atom. The molecular weight excluding hydrogens is 315 g/mol. The van der Waals surface area contributed by atoms with Gasteiger partial charge in [-0.05, 0) is 36.4 Å². The normalized spacial score (nSPS) is 11.0. The fraction of sp³-hybridized carbons (Fsp3) is 0. The number of fused-ring (bicyclic) bond motifs is 1. The number of hydrogen-bond donors (Lipinski definition) is 0. The lowest BCUT2D eigenvalue weighted by molar-refractivity contribution is 0.631. The van der Waals surface area contributed by atoms with Crippen LogP contribution in [-0.4, -0.2) is 19.6 Å². The van der Waals surface area contributed by atoms with Gasteiger partial charge >= 0.3 is 0 Å². The summed E-state index contributed by atoms with van der Waals surface area (Å²) in [6, 6.07) is 11.7. The third kappa shape index (κ3) is 2.45. The van der Waals surface area contributed by atoms with Gasteiger partial charge in [-0.3, -0.25) is 4.98 Å². The average molecular weight is 325 g/mol. The minimum absolute atomic E-state index is 0.350. The summed E-state index contributed by atoms with van der Waals surface area (Å²) in [5, 5.41) is 4.58. The lowest BCUT2D eigenvalue weighted by atomic mass is 10.0.